The number of aliphatic hydroxyl groups is 1. The number of carbonyl (C=O) groups excluding carboxylic acids is 1. The number of rotatable bonds is 8. The lowest BCUT2D eigenvalue weighted by molar-refractivity contribution is -0.122. The fraction of sp³-hybridized carbons (Fsp3) is 0.409. The summed E-state index contributed by atoms with van der Waals surface area (Å²) in [5.41, 5.74) is 7.82. The summed E-state index contributed by atoms with van der Waals surface area (Å²) in [7, 11) is 0. The van der Waals surface area contributed by atoms with E-state index in [1.54, 1.807) is 0 Å². The fourth-order valence-corrected chi connectivity index (χ4v) is 3.51. The van der Waals surface area contributed by atoms with Gasteiger partial charge in [-0.15, -0.1) is 0 Å². The van der Waals surface area contributed by atoms with Crippen molar-refractivity contribution in [2.45, 2.75) is 44.4 Å². The molecule has 2 aromatic carbocycles. The molecule has 5 nitrogen and oxygen atoms in total. The van der Waals surface area contributed by atoms with Gasteiger partial charge in [-0.1, -0.05) is 48.9 Å². The monoisotopic (exact) mass is 368 g/mol. The van der Waals surface area contributed by atoms with Gasteiger partial charge in [0.25, 0.3) is 0 Å². The molecule has 0 radical (unpaired) electrons. The molecule has 5 heteroatoms. The second kappa shape index (κ2) is 9.53. The SMILES string of the molecule is N[C@@H]1CCC[C@H]1CC(=O)NCC(O)c1cccc(OCc2ccccc2)c1. The number of carbonyl (C=O) groups is 1. The molecule has 2 aromatic rings. The van der Waals surface area contributed by atoms with Crippen molar-refractivity contribution in [3.05, 3.63) is 65.7 Å². The van der Waals surface area contributed by atoms with Gasteiger partial charge in [0.2, 0.25) is 5.91 Å². The Bertz CT molecular complexity index is 735. The summed E-state index contributed by atoms with van der Waals surface area (Å²) in [6.07, 6.45) is 2.77. The van der Waals surface area contributed by atoms with E-state index >= 15 is 0 Å². The highest BCUT2D eigenvalue weighted by atomic mass is 16.5. The first kappa shape index (κ1) is 19.4. The van der Waals surface area contributed by atoms with Gasteiger partial charge in [0.1, 0.15) is 12.4 Å². The molecule has 0 spiro atoms. The molecule has 1 unspecified atom stereocenters. The normalized spacial score (nSPS) is 20.2. The summed E-state index contributed by atoms with van der Waals surface area (Å²) in [4.78, 5) is 12.1. The summed E-state index contributed by atoms with van der Waals surface area (Å²) < 4.78 is 5.80. The lowest BCUT2D eigenvalue weighted by atomic mass is 10.00. The van der Waals surface area contributed by atoms with Gasteiger partial charge in [-0.3, -0.25) is 4.79 Å². The van der Waals surface area contributed by atoms with Crippen molar-refractivity contribution in [3.63, 3.8) is 0 Å². The van der Waals surface area contributed by atoms with Crippen molar-refractivity contribution in [1.29, 1.82) is 0 Å². The average Bonchev–Trinajstić information content (AvgIpc) is 3.10. The lowest BCUT2D eigenvalue weighted by Crippen LogP contribution is -2.33. The first-order chi connectivity index (χ1) is 13.1. The molecule has 0 heterocycles. The van der Waals surface area contributed by atoms with Gasteiger partial charge >= 0.3 is 0 Å². The van der Waals surface area contributed by atoms with Gasteiger partial charge in [0.15, 0.2) is 0 Å². The molecule has 0 saturated heterocycles. The molecule has 1 aliphatic rings. The number of benzene rings is 2. The topological polar surface area (TPSA) is 84.6 Å². The molecular formula is C22H28N2O3. The standard InChI is InChI=1S/C22H28N2O3/c23-20-11-5-8-17(20)13-22(26)24-14-21(25)18-9-4-10-19(12-18)27-15-16-6-2-1-3-7-16/h1-4,6-7,9-10,12,17,20-21,25H,5,8,11,13-15,23H2,(H,24,26)/t17-,20+,21?/m0/s1. The second-order valence-electron chi connectivity index (χ2n) is 7.23. The summed E-state index contributed by atoms with van der Waals surface area (Å²) in [5.74, 6) is 0.906. The first-order valence-corrected chi connectivity index (χ1v) is 9.59. The number of hydrogen-bond donors (Lipinski definition) is 3. The molecule has 3 atom stereocenters. The van der Waals surface area contributed by atoms with Crippen LogP contribution in [-0.4, -0.2) is 23.6 Å². The van der Waals surface area contributed by atoms with Crippen LogP contribution in [0.1, 0.15) is 42.9 Å². The molecule has 1 saturated carbocycles. The van der Waals surface area contributed by atoms with Crippen LogP contribution < -0.4 is 15.8 Å². The Labute approximate surface area is 160 Å². The molecule has 4 N–H and O–H groups in total. The Hall–Kier alpha value is -2.37. The van der Waals surface area contributed by atoms with Crippen LogP contribution in [0.25, 0.3) is 0 Å². The number of ether oxygens (including phenoxy) is 1. The van der Waals surface area contributed by atoms with E-state index in [9.17, 15) is 9.90 Å². The second-order valence-corrected chi connectivity index (χ2v) is 7.23. The fourth-order valence-electron chi connectivity index (χ4n) is 3.51. The zero-order chi connectivity index (χ0) is 19.1. The Kier molecular flexibility index (Phi) is 6.85. The van der Waals surface area contributed by atoms with Gasteiger partial charge in [0.05, 0.1) is 6.10 Å². The molecule has 1 amide bonds. The van der Waals surface area contributed by atoms with Crippen molar-refractivity contribution in [2.24, 2.45) is 11.7 Å². The molecule has 27 heavy (non-hydrogen) atoms. The highest BCUT2D eigenvalue weighted by Gasteiger charge is 2.26. The van der Waals surface area contributed by atoms with Crippen LogP contribution in [0.5, 0.6) is 5.75 Å². The molecule has 144 valence electrons. The zero-order valence-corrected chi connectivity index (χ0v) is 15.5. The Morgan fingerprint density at radius 3 is 2.74 bits per heavy atom. The number of aliphatic hydroxyl groups excluding tert-OH is 1. The van der Waals surface area contributed by atoms with Crippen LogP contribution in [0.15, 0.2) is 54.6 Å². The summed E-state index contributed by atoms with van der Waals surface area (Å²) >= 11 is 0. The van der Waals surface area contributed by atoms with E-state index in [1.807, 2.05) is 54.6 Å². The maximum atomic E-state index is 12.1. The Morgan fingerprint density at radius 2 is 2.00 bits per heavy atom. The smallest absolute Gasteiger partial charge is 0.220 e. The third kappa shape index (κ3) is 5.81. The van der Waals surface area contributed by atoms with Crippen LogP contribution in [-0.2, 0) is 11.4 Å². The van der Waals surface area contributed by atoms with E-state index in [2.05, 4.69) is 5.32 Å². The highest BCUT2D eigenvalue weighted by Crippen LogP contribution is 2.26. The predicted molar refractivity (Wildman–Crippen MR) is 105 cm³/mol. The summed E-state index contributed by atoms with van der Waals surface area (Å²) in [5, 5.41) is 13.2. The Morgan fingerprint density at radius 1 is 1.19 bits per heavy atom. The van der Waals surface area contributed by atoms with Gasteiger partial charge in [-0.05, 0) is 42.0 Å². The van der Waals surface area contributed by atoms with Gasteiger partial charge in [-0.25, -0.2) is 0 Å². The minimum absolute atomic E-state index is 0.0483. The van der Waals surface area contributed by atoms with Crippen molar-refractivity contribution in [3.8, 4) is 5.75 Å². The van der Waals surface area contributed by atoms with Crippen molar-refractivity contribution < 1.29 is 14.6 Å². The van der Waals surface area contributed by atoms with Crippen molar-refractivity contribution in [1.82, 2.24) is 5.32 Å². The number of nitrogens with two attached hydrogens (primary N) is 1. The summed E-state index contributed by atoms with van der Waals surface area (Å²) in [6, 6.07) is 17.4. The molecule has 3 rings (SSSR count). The van der Waals surface area contributed by atoms with Gasteiger partial charge < -0.3 is 20.9 Å². The number of amides is 1. The first-order valence-electron chi connectivity index (χ1n) is 9.59. The molecule has 0 aliphatic heterocycles. The molecule has 0 bridgehead atoms. The predicted octanol–water partition coefficient (Wildman–Crippen LogP) is 2.93. The van der Waals surface area contributed by atoms with Crippen LogP contribution in [0, 0.1) is 5.92 Å². The zero-order valence-electron chi connectivity index (χ0n) is 15.5. The minimum atomic E-state index is -0.772. The lowest BCUT2D eigenvalue weighted by Gasteiger charge is -2.17. The van der Waals surface area contributed by atoms with Crippen LogP contribution in [0.2, 0.25) is 0 Å². The van der Waals surface area contributed by atoms with E-state index < -0.39 is 6.10 Å². The molecule has 1 aliphatic carbocycles. The molecular weight excluding hydrogens is 340 g/mol. The highest BCUT2D eigenvalue weighted by molar-refractivity contribution is 5.76. The van der Waals surface area contributed by atoms with Crippen molar-refractivity contribution in [2.75, 3.05) is 6.54 Å². The third-order valence-corrected chi connectivity index (χ3v) is 5.15. The van der Waals surface area contributed by atoms with Crippen molar-refractivity contribution >= 4 is 5.91 Å². The van der Waals surface area contributed by atoms with Gasteiger partial charge in [-0.2, -0.15) is 0 Å². The quantitative estimate of drug-likeness (QED) is 0.669. The maximum Gasteiger partial charge on any atom is 0.220 e. The van der Waals surface area contributed by atoms with E-state index in [0.717, 1.165) is 30.4 Å². The minimum Gasteiger partial charge on any atom is -0.489 e. The van der Waals surface area contributed by atoms with E-state index in [4.69, 9.17) is 10.5 Å². The van der Waals surface area contributed by atoms with E-state index in [1.165, 1.54) is 0 Å². The van der Waals surface area contributed by atoms with Crippen LogP contribution in [0.3, 0.4) is 0 Å². The molecule has 1 fully saturated rings. The average molecular weight is 368 g/mol. The van der Waals surface area contributed by atoms with E-state index in [0.29, 0.717) is 18.8 Å². The third-order valence-electron chi connectivity index (χ3n) is 5.15. The number of nitrogens with one attached hydrogen (secondary N) is 1. The van der Waals surface area contributed by atoms with E-state index in [-0.39, 0.29) is 24.4 Å². The summed E-state index contributed by atoms with van der Waals surface area (Å²) in [6.45, 7) is 0.654. The maximum absolute atomic E-state index is 12.1. The number of hydrogen-bond acceptors (Lipinski definition) is 4. The van der Waals surface area contributed by atoms with Crippen LogP contribution >= 0.6 is 0 Å². The largest absolute Gasteiger partial charge is 0.489 e. The van der Waals surface area contributed by atoms with Gasteiger partial charge in [0, 0.05) is 19.0 Å². The van der Waals surface area contributed by atoms with Crippen LogP contribution in [0.4, 0.5) is 0 Å². The molecule has 0 aromatic heterocycles. The Balaban J connectivity index is 1.47.